The molecule has 7 atom stereocenters. The molecule has 1 aromatic carbocycles. The highest BCUT2D eigenvalue weighted by Gasteiger charge is 2.36. The maximum Gasteiger partial charge on any atom is 0.408 e. The monoisotopic (exact) mass is 812 g/mol. The molecule has 2 rings (SSSR count). The van der Waals surface area contributed by atoms with E-state index in [0.29, 0.717) is 12.1 Å². The van der Waals surface area contributed by atoms with Crippen molar-refractivity contribution in [1.82, 2.24) is 41.9 Å². The molecule has 0 aliphatic heterocycles. The highest BCUT2D eigenvalue weighted by molar-refractivity contribution is 5.96. The lowest BCUT2D eigenvalue weighted by atomic mass is 9.95. The highest BCUT2D eigenvalue weighted by atomic mass is 16.6. The fourth-order valence-electron chi connectivity index (χ4n) is 5.84. The van der Waals surface area contributed by atoms with Crippen LogP contribution < -0.4 is 31.9 Å². The molecule has 7 N–H and O–H groups in total. The minimum absolute atomic E-state index is 0.0662. The van der Waals surface area contributed by atoms with Crippen LogP contribution in [0.4, 0.5) is 4.79 Å². The number of rotatable bonds is 21. The second kappa shape index (κ2) is 23.1. The smallest absolute Gasteiger partial charge is 0.408 e. The first-order valence-corrected chi connectivity index (χ1v) is 19.8. The molecule has 0 saturated carbocycles. The quantitative estimate of drug-likeness (QED) is 0.0909. The molecular formula is C41H64N8O9. The summed E-state index contributed by atoms with van der Waals surface area (Å²) < 4.78 is 10.3. The number of hydrogen-bond donors (Lipinski definition) is 7. The van der Waals surface area contributed by atoms with Gasteiger partial charge in [0.15, 0.2) is 0 Å². The Labute approximate surface area is 341 Å². The Morgan fingerprint density at radius 2 is 1.29 bits per heavy atom. The van der Waals surface area contributed by atoms with Crippen molar-refractivity contribution in [2.75, 3.05) is 7.11 Å². The summed E-state index contributed by atoms with van der Waals surface area (Å²) in [4.78, 5) is 100. The first-order valence-electron chi connectivity index (χ1n) is 19.8. The molecule has 0 radical (unpaired) electrons. The van der Waals surface area contributed by atoms with E-state index in [1.807, 2.05) is 26.8 Å². The lowest BCUT2D eigenvalue weighted by molar-refractivity contribution is -0.145. The highest BCUT2D eigenvalue weighted by Crippen LogP contribution is 2.14. The van der Waals surface area contributed by atoms with Crippen LogP contribution in [0.15, 0.2) is 42.9 Å². The van der Waals surface area contributed by atoms with Crippen LogP contribution in [0.5, 0.6) is 0 Å². The van der Waals surface area contributed by atoms with E-state index in [-0.39, 0.29) is 31.1 Å². The molecule has 0 saturated heterocycles. The van der Waals surface area contributed by atoms with Crippen LogP contribution in [0.25, 0.3) is 0 Å². The number of nitrogens with one attached hydrogen (secondary N) is 7. The fourth-order valence-corrected chi connectivity index (χ4v) is 5.84. The number of ether oxygens (including phenoxy) is 2. The van der Waals surface area contributed by atoms with Gasteiger partial charge >= 0.3 is 12.1 Å². The SMILES string of the molecule is CC[C@H](C)[C@H](NC(=O)[C@@H](NC(=O)[C@H](CC(C)C)NC(=O)[C@H](C)NC(=O)[C@H](Cc1ccccc1)NC(=O)OC(C)(C)C)C(C)C)C(=O)N[C@@H](Cc1cnc[nH]1)C(=O)OC. The topological polar surface area (TPSA) is 239 Å². The molecule has 0 aliphatic carbocycles. The van der Waals surface area contributed by atoms with Gasteiger partial charge in [0.05, 0.1) is 13.4 Å². The number of nitrogens with zero attached hydrogens (tertiary/aromatic N) is 1. The fraction of sp³-hybridized carbons (Fsp3) is 0.610. The molecule has 17 heteroatoms. The van der Waals surface area contributed by atoms with E-state index in [9.17, 15) is 33.6 Å². The Balaban J connectivity index is 2.21. The molecule has 6 amide bonds. The third-order valence-electron chi connectivity index (χ3n) is 9.20. The molecule has 1 heterocycles. The summed E-state index contributed by atoms with van der Waals surface area (Å²) in [5.41, 5.74) is 0.539. The Kier molecular flexibility index (Phi) is 19.3. The predicted molar refractivity (Wildman–Crippen MR) is 217 cm³/mol. The lowest BCUT2D eigenvalue weighted by Crippen LogP contribution is -2.61. The molecule has 1 aromatic heterocycles. The van der Waals surface area contributed by atoms with Gasteiger partial charge in [-0.2, -0.15) is 0 Å². The third-order valence-corrected chi connectivity index (χ3v) is 9.20. The summed E-state index contributed by atoms with van der Waals surface area (Å²) in [5.74, 6) is -4.75. The van der Waals surface area contributed by atoms with Gasteiger partial charge in [0, 0.05) is 24.7 Å². The van der Waals surface area contributed by atoms with Gasteiger partial charge in [-0.3, -0.25) is 24.0 Å². The second-order valence-electron chi connectivity index (χ2n) is 16.3. The normalized spacial score (nSPS) is 15.1. The van der Waals surface area contributed by atoms with Gasteiger partial charge in [-0.1, -0.05) is 78.3 Å². The van der Waals surface area contributed by atoms with Gasteiger partial charge in [-0.05, 0) is 57.4 Å². The number of aromatic amines is 1. The van der Waals surface area contributed by atoms with Crippen LogP contribution in [0, 0.1) is 17.8 Å². The van der Waals surface area contributed by atoms with E-state index in [0.717, 1.165) is 5.56 Å². The molecule has 17 nitrogen and oxygen atoms in total. The minimum atomic E-state index is -1.13. The van der Waals surface area contributed by atoms with Crippen molar-refractivity contribution < 1.29 is 43.0 Å². The molecule has 58 heavy (non-hydrogen) atoms. The Morgan fingerprint density at radius 1 is 0.707 bits per heavy atom. The number of hydrogen-bond acceptors (Lipinski definition) is 10. The Bertz CT molecular complexity index is 1660. The van der Waals surface area contributed by atoms with E-state index in [4.69, 9.17) is 9.47 Å². The summed E-state index contributed by atoms with van der Waals surface area (Å²) in [6, 6.07) is 2.46. The van der Waals surface area contributed by atoms with Gasteiger partial charge in [0.25, 0.3) is 0 Å². The number of H-pyrrole nitrogens is 1. The van der Waals surface area contributed by atoms with Crippen molar-refractivity contribution in [3.63, 3.8) is 0 Å². The number of amides is 6. The van der Waals surface area contributed by atoms with E-state index in [1.54, 1.807) is 65.8 Å². The van der Waals surface area contributed by atoms with Crippen molar-refractivity contribution >= 4 is 41.6 Å². The van der Waals surface area contributed by atoms with Crippen molar-refractivity contribution in [1.29, 1.82) is 0 Å². The first kappa shape index (κ1) is 48.7. The van der Waals surface area contributed by atoms with Gasteiger partial charge in [0.1, 0.15) is 41.9 Å². The molecule has 0 bridgehead atoms. The van der Waals surface area contributed by atoms with E-state index in [2.05, 4.69) is 41.9 Å². The van der Waals surface area contributed by atoms with Crippen LogP contribution >= 0.6 is 0 Å². The first-order chi connectivity index (χ1) is 27.1. The largest absolute Gasteiger partial charge is 0.467 e. The van der Waals surface area contributed by atoms with E-state index < -0.39 is 89.4 Å². The maximum atomic E-state index is 13.8. The summed E-state index contributed by atoms with van der Waals surface area (Å²) in [6.07, 6.45) is 3.06. The second-order valence-corrected chi connectivity index (χ2v) is 16.3. The Morgan fingerprint density at radius 3 is 1.83 bits per heavy atom. The number of carbonyl (C=O) groups excluding carboxylic acids is 7. The van der Waals surface area contributed by atoms with Gasteiger partial charge in [0.2, 0.25) is 29.5 Å². The predicted octanol–water partition coefficient (Wildman–Crippen LogP) is 2.45. The molecule has 0 fully saturated rings. The number of aromatic nitrogens is 2. The summed E-state index contributed by atoms with van der Waals surface area (Å²) in [7, 11) is 1.21. The summed E-state index contributed by atoms with van der Waals surface area (Å²) >= 11 is 0. The maximum absolute atomic E-state index is 13.8. The minimum Gasteiger partial charge on any atom is -0.467 e. The molecule has 0 unspecified atom stereocenters. The van der Waals surface area contributed by atoms with Gasteiger partial charge < -0.3 is 46.4 Å². The van der Waals surface area contributed by atoms with Crippen molar-refractivity contribution in [2.24, 2.45) is 17.8 Å². The van der Waals surface area contributed by atoms with Crippen LogP contribution in [0.2, 0.25) is 0 Å². The molecule has 0 spiro atoms. The zero-order valence-electron chi connectivity index (χ0n) is 35.7. The molecule has 322 valence electrons. The van der Waals surface area contributed by atoms with Gasteiger partial charge in [-0.25, -0.2) is 14.6 Å². The molecule has 2 aromatic rings. The van der Waals surface area contributed by atoms with Crippen molar-refractivity contribution in [2.45, 2.75) is 137 Å². The molecule has 0 aliphatic rings. The van der Waals surface area contributed by atoms with Crippen molar-refractivity contribution in [3.8, 4) is 0 Å². The van der Waals surface area contributed by atoms with E-state index in [1.165, 1.54) is 26.6 Å². The van der Waals surface area contributed by atoms with Crippen LogP contribution in [0.3, 0.4) is 0 Å². The zero-order chi connectivity index (χ0) is 43.7. The van der Waals surface area contributed by atoms with Crippen LogP contribution in [-0.4, -0.2) is 101 Å². The summed E-state index contributed by atoms with van der Waals surface area (Å²) in [5, 5.41) is 16.2. The van der Waals surface area contributed by atoms with Crippen molar-refractivity contribution in [3.05, 3.63) is 54.1 Å². The standard InChI is InChI=1S/C41H64N8O9/c1-12-25(6)33(38(54)46-31(39(55)57-11)20-28-21-42-22-43-28)49-37(53)32(24(4)5)48-36(52)29(18-23(2)3)45-34(50)26(7)44-35(51)30(19-27-16-14-13-15-17-27)47-40(56)58-41(8,9)10/h13-17,21-26,29-33H,12,18-20H2,1-11H3,(H,42,43)(H,44,51)(H,45,50)(H,46,54)(H,47,56)(H,48,52)(H,49,53)/t25-,26-,29-,30-,31-,32-,33-/m0/s1. The zero-order valence-corrected chi connectivity index (χ0v) is 35.7. The average molecular weight is 813 g/mol. The number of alkyl carbamates (subject to hydrolysis) is 1. The number of esters is 1. The van der Waals surface area contributed by atoms with E-state index >= 15 is 0 Å². The van der Waals surface area contributed by atoms with Crippen LogP contribution in [0.1, 0.15) is 93.3 Å². The number of methoxy groups -OCH3 is 1. The number of benzene rings is 1. The third kappa shape index (κ3) is 16.5. The lowest BCUT2D eigenvalue weighted by Gasteiger charge is -2.30. The molecular weight excluding hydrogens is 748 g/mol. The Hall–Kier alpha value is -5.48. The number of carbonyl (C=O) groups is 7. The average Bonchev–Trinajstić information content (AvgIpc) is 3.66. The van der Waals surface area contributed by atoms with Gasteiger partial charge in [-0.15, -0.1) is 0 Å². The number of imidazole rings is 1. The van der Waals surface area contributed by atoms with Crippen LogP contribution in [-0.2, 0) is 51.1 Å². The summed E-state index contributed by atoms with van der Waals surface area (Å²) in [6.45, 7) is 17.4.